The van der Waals surface area contributed by atoms with Crippen LogP contribution in [-0.2, 0) is 13.1 Å². The monoisotopic (exact) mass is 380 g/mol. The van der Waals surface area contributed by atoms with Crippen LogP contribution in [0.5, 0.6) is 0 Å². The number of fused-ring (bicyclic) bond motifs is 1. The molecule has 1 aliphatic rings. The average Bonchev–Trinajstić information content (AvgIpc) is 3.05. The van der Waals surface area contributed by atoms with Crippen LogP contribution in [0.15, 0.2) is 36.5 Å². The van der Waals surface area contributed by atoms with Crippen molar-refractivity contribution in [2.75, 3.05) is 31.1 Å². The van der Waals surface area contributed by atoms with Gasteiger partial charge < -0.3 is 15.0 Å². The number of para-hydroxylation sites is 1. The molecule has 0 N–H and O–H groups in total. The normalized spacial score (nSPS) is 15.3. The molecular weight excluding hydrogens is 356 g/mol. The fourth-order valence-electron chi connectivity index (χ4n) is 4.00. The van der Waals surface area contributed by atoms with E-state index in [0.29, 0.717) is 18.2 Å². The number of imidazole rings is 1. The number of nitro groups is 1. The van der Waals surface area contributed by atoms with Crippen LogP contribution in [-0.4, -0.2) is 50.5 Å². The molecule has 146 valence electrons. The zero-order valence-electron chi connectivity index (χ0n) is 16.2. The summed E-state index contributed by atoms with van der Waals surface area (Å²) in [6.07, 6.45) is 1.83. The maximum absolute atomic E-state index is 11.5. The molecule has 1 aliphatic heterocycles. The first-order chi connectivity index (χ1) is 13.6. The second-order valence-electron chi connectivity index (χ2n) is 7.06. The highest BCUT2D eigenvalue weighted by Gasteiger charge is 2.31. The third-order valence-corrected chi connectivity index (χ3v) is 5.39. The first-order valence-electron chi connectivity index (χ1n) is 9.60. The quantitative estimate of drug-likeness (QED) is 0.500. The van der Waals surface area contributed by atoms with E-state index in [1.807, 2.05) is 30.7 Å². The summed E-state index contributed by atoms with van der Waals surface area (Å²) in [5.41, 5.74) is 2.26. The highest BCUT2D eigenvalue weighted by Crippen LogP contribution is 2.30. The molecule has 1 aromatic carbocycles. The molecule has 8 nitrogen and oxygen atoms in total. The first kappa shape index (κ1) is 18.4. The number of anilines is 1. The summed E-state index contributed by atoms with van der Waals surface area (Å²) in [4.78, 5) is 24.3. The number of pyridine rings is 1. The van der Waals surface area contributed by atoms with Crippen LogP contribution in [0.4, 0.5) is 11.6 Å². The molecule has 0 spiro atoms. The maximum Gasteiger partial charge on any atom is 0.406 e. The fourth-order valence-corrected chi connectivity index (χ4v) is 4.00. The Morgan fingerprint density at radius 2 is 1.89 bits per heavy atom. The Morgan fingerprint density at radius 3 is 2.61 bits per heavy atom. The molecule has 0 amide bonds. The molecule has 0 radical (unpaired) electrons. The van der Waals surface area contributed by atoms with Crippen molar-refractivity contribution in [2.45, 2.75) is 26.9 Å². The van der Waals surface area contributed by atoms with Crippen LogP contribution < -0.4 is 4.90 Å². The number of rotatable bonds is 5. The third-order valence-electron chi connectivity index (χ3n) is 5.39. The van der Waals surface area contributed by atoms with Crippen molar-refractivity contribution in [1.29, 1.82) is 0 Å². The zero-order valence-corrected chi connectivity index (χ0v) is 16.2. The second kappa shape index (κ2) is 7.55. The Hall–Kier alpha value is -3.00. The molecule has 1 fully saturated rings. The van der Waals surface area contributed by atoms with E-state index in [1.165, 1.54) is 5.56 Å². The molecule has 3 heterocycles. The SMILES string of the molecule is CCn1c(C)nc([N+](=O)[O-])c1N1CCN(Cc2cccc3cccnc23)CC1. The van der Waals surface area contributed by atoms with Gasteiger partial charge in [-0.25, -0.2) is 0 Å². The molecule has 0 bridgehead atoms. The van der Waals surface area contributed by atoms with Crippen LogP contribution in [0.3, 0.4) is 0 Å². The average molecular weight is 380 g/mol. The van der Waals surface area contributed by atoms with Crippen LogP contribution >= 0.6 is 0 Å². The van der Waals surface area contributed by atoms with Crippen molar-refractivity contribution in [1.82, 2.24) is 19.4 Å². The van der Waals surface area contributed by atoms with Gasteiger partial charge in [-0.2, -0.15) is 0 Å². The Bertz CT molecular complexity index is 1000. The van der Waals surface area contributed by atoms with Crippen molar-refractivity contribution in [3.8, 4) is 0 Å². The van der Waals surface area contributed by atoms with Gasteiger partial charge in [-0.3, -0.25) is 14.5 Å². The Balaban J connectivity index is 1.50. The lowest BCUT2D eigenvalue weighted by Gasteiger charge is -2.35. The Kier molecular flexibility index (Phi) is 4.95. The minimum atomic E-state index is -0.372. The van der Waals surface area contributed by atoms with E-state index in [9.17, 15) is 10.1 Å². The number of hydrogen-bond acceptors (Lipinski definition) is 6. The summed E-state index contributed by atoms with van der Waals surface area (Å²) in [5, 5.41) is 12.6. The van der Waals surface area contributed by atoms with Gasteiger partial charge in [0, 0.05) is 57.8 Å². The standard InChI is InChI=1S/C20H24N6O2/c1-3-25-15(2)22-19(26(27)28)20(25)24-12-10-23(11-13-24)14-17-7-4-6-16-8-5-9-21-18(16)17/h4-9H,3,10-14H2,1-2H3. The van der Waals surface area contributed by atoms with E-state index < -0.39 is 0 Å². The number of aryl methyl sites for hydroxylation is 1. The number of aromatic nitrogens is 3. The Labute approximate surface area is 163 Å². The van der Waals surface area contributed by atoms with E-state index in [2.05, 4.69) is 44.0 Å². The van der Waals surface area contributed by atoms with E-state index in [-0.39, 0.29) is 10.7 Å². The largest absolute Gasteiger partial charge is 0.406 e. The van der Waals surface area contributed by atoms with Crippen molar-refractivity contribution < 1.29 is 4.92 Å². The van der Waals surface area contributed by atoms with Gasteiger partial charge in [0.2, 0.25) is 11.6 Å². The van der Waals surface area contributed by atoms with Gasteiger partial charge in [0.05, 0.1) is 5.52 Å². The molecule has 28 heavy (non-hydrogen) atoms. The number of nitrogens with zero attached hydrogens (tertiary/aromatic N) is 6. The van der Waals surface area contributed by atoms with Crippen LogP contribution in [0.25, 0.3) is 10.9 Å². The van der Waals surface area contributed by atoms with Gasteiger partial charge in [-0.15, -0.1) is 0 Å². The van der Waals surface area contributed by atoms with Crippen LogP contribution in [0.2, 0.25) is 0 Å². The summed E-state index contributed by atoms with van der Waals surface area (Å²) in [6, 6.07) is 10.3. The van der Waals surface area contributed by atoms with Gasteiger partial charge in [0.1, 0.15) is 0 Å². The smallest absolute Gasteiger partial charge is 0.358 e. The second-order valence-corrected chi connectivity index (χ2v) is 7.06. The van der Waals surface area contributed by atoms with Crippen LogP contribution in [0, 0.1) is 17.0 Å². The molecular formula is C20H24N6O2. The lowest BCUT2D eigenvalue weighted by molar-refractivity contribution is -0.388. The highest BCUT2D eigenvalue weighted by atomic mass is 16.6. The van der Waals surface area contributed by atoms with E-state index in [1.54, 1.807) is 0 Å². The molecule has 1 saturated heterocycles. The van der Waals surface area contributed by atoms with E-state index in [0.717, 1.165) is 43.6 Å². The van der Waals surface area contributed by atoms with Gasteiger partial charge >= 0.3 is 5.82 Å². The minimum Gasteiger partial charge on any atom is -0.358 e. The third kappa shape index (κ3) is 3.31. The molecule has 3 aromatic rings. The molecule has 4 rings (SSSR count). The molecule has 0 aliphatic carbocycles. The number of piperazine rings is 1. The minimum absolute atomic E-state index is 0.0361. The van der Waals surface area contributed by atoms with Crippen molar-refractivity contribution in [2.24, 2.45) is 0 Å². The van der Waals surface area contributed by atoms with Crippen molar-refractivity contribution in [3.05, 3.63) is 58.0 Å². The summed E-state index contributed by atoms with van der Waals surface area (Å²) >= 11 is 0. The predicted octanol–water partition coefficient (Wildman–Crippen LogP) is 2.99. The number of benzene rings is 1. The lowest BCUT2D eigenvalue weighted by atomic mass is 10.1. The highest BCUT2D eigenvalue weighted by molar-refractivity contribution is 5.81. The predicted molar refractivity (Wildman–Crippen MR) is 109 cm³/mol. The summed E-state index contributed by atoms with van der Waals surface area (Å²) in [5.74, 6) is 1.29. The van der Waals surface area contributed by atoms with Gasteiger partial charge in [-0.05, 0) is 28.5 Å². The van der Waals surface area contributed by atoms with E-state index >= 15 is 0 Å². The van der Waals surface area contributed by atoms with Gasteiger partial charge in [0.25, 0.3) is 0 Å². The fraction of sp³-hybridized carbons (Fsp3) is 0.400. The molecule has 0 saturated carbocycles. The van der Waals surface area contributed by atoms with Gasteiger partial charge in [0.15, 0.2) is 0 Å². The number of hydrogen-bond donors (Lipinski definition) is 0. The topological polar surface area (TPSA) is 80.3 Å². The van der Waals surface area contributed by atoms with Crippen LogP contribution in [0.1, 0.15) is 18.3 Å². The molecule has 2 aromatic heterocycles. The summed E-state index contributed by atoms with van der Waals surface area (Å²) < 4.78 is 1.93. The van der Waals surface area contributed by atoms with Crippen molar-refractivity contribution >= 4 is 22.5 Å². The van der Waals surface area contributed by atoms with Gasteiger partial charge in [-0.1, -0.05) is 24.3 Å². The first-order valence-corrected chi connectivity index (χ1v) is 9.60. The lowest BCUT2D eigenvalue weighted by Crippen LogP contribution is -2.46. The zero-order chi connectivity index (χ0) is 19.7. The van der Waals surface area contributed by atoms with Crippen molar-refractivity contribution in [3.63, 3.8) is 0 Å². The Morgan fingerprint density at radius 1 is 1.14 bits per heavy atom. The summed E-state index contributed by atoms with van der Waals surface area (Å²) in [7, 11) is 0. The van der Waals surface area contributed by atoms with E-state index in [4.69, 9.17) is 0 Å². The maximum atomic E-state index is 11.5. The molecule has 0 unspecified atom stereocenters. The molecule has 8 heteroatoms. The molecule has 0 atom stereocenters. The summed E-state index contributed by atoms with van der Waals surface area (Å²) in [6.45, 7) is 8.48.